The van der Waals surface area contributed by atoms with Crippen molar-refractivity contribution in [1.29, 1.82) is 0 Å². The molecular formula is C23H37N4O4+. The predicted molar refractivity (Wildman–Crippen MR) is 118 cm³/mol. The summed E-state index contributed by atoms with van der Waals surface area (Å²) < 4.78 is 5.12. The highest BCUT2D eigenvalue weighted by molar-refractivity contribution is 5.88. The number of hydrogen-bond donors (Lipinski definition) is 3. The Labute approximate surface area is 184 Å². The fourth-order valence-corrected chi connectivity index (χ4v) is 3.77. The Hall–Kier alpha value is -2.61. The highest BCUT2D eigenvalue weighted by Crippen LogP contribution is 2.19. The maximum Gasteiger partial charge on any atom is 0.280 e. The molecule has 0 aromatic heterocycles. The summed E-state index contributed by atoms with van der Waals surface area (Å²) in [7, 11) is 1.60. The molecule has 2 atom stereocenters. The van der Waals surface area contributed by atoms with Crippen LogP contribution in [0.5, 0.6) is 5.75 Å². The van der Waals surface area contributed by atoms with E-state index in [-0.39, 0.29) is 29.7 Å². The molecule has 1 saturated heterocycles. The Morgan fingerprint density at radius 1 is 1.13 bits per heavy atom. The van der Waals surface area contributed by atoms with Gasteiger partial charge >= 0.3 is 0 Å². The Bertz CT molecular complexity index is 742. The van der Waals surface area contributed by atoms with Gasteiger partial charge in [0.2, 0.25) is 11.8 Å². The number of hydrogen-bond acceptors (Lipinski definition) is 4. The van der Waals surface area contributed by atoms with Gasteiger partial charge in [-0.05, 0) is 43.4 Å². The van der Waals surface area contributed by atoms with E-state index in [9.17, 15) is 14.4 Å². The maximum absolute atomic E-state index is 12.6. The molecule has 1 heterocycles. The molecule has 1 aliphatic rings. The standard InChI is InChI=1S/C23H36N4O4/c1-15(2)13-20(24)23(30)27-11-9-18(10-12-27)22(29)26-16(3)21(28)25-14-17-5-7-19(31-4)8-6-17/h5-8,15-16,18,20H,9-14,24H2,1-4H3,(H,25,28)(H,26,29)/p+1/t16-,20-/m0/s1. The summed E-state index contributed by atoms with van der Waals surface area (Å²) in [5.41, 5.74) is 4.94. The molecule has 0 aliphatic carbocycles. The van der Waals surface area contributed by atoms with Crippen LogP contribution >= 0.6 is 0 Å². The third kappa shape index (κ3) is 7.54. The molecule has 0 unspecified atom stereocenters. The maximum atomic E-state index is 12.6. The molecule has 3 amide bonds. The van der Waals surface area contributed by atoms with E-state index in [1.807, 2.05) is 29.2 Å². The molecule has 1 aromatic carbocycles. The third-order valence-electron chi connectivity index (χ3n) is 5.66. The average molecular weight is 434 g/mol. The van der Waals surface area contributed by atoms with E-state index >= 15 is 0 Å². The quantitative estimate of drug-likeness (QED) is 0.532. The second kappa shape index (κ2) is 11.7. The molecule has 0 spiro atoms. The van der Waals surface area contributed by atoms with Crippen LogP contribution in [0, 0.1) is 11.8 Å². The van der Waals surface area contributed by atoms with Gasteiger partial charge in [-0.2, -0.15) is 0 Å². The number of nitrogens with one attached hydrogen (secondary N) is 2. The number of rotatable bonds is 9. The molecule has 1 aliphatic heterocycles. The number of carbonyl (C=O) groups is 3. The lowest BCUT2D eigenvalue weighted by Crippen LogP contribution is -2.68. The van der Waals surface area contributed by atoms with Crippen molar-refractivity contribution in [2.75, 3.05) is 20.2 Å². The van der Waals surface area contributed by atoms with Crippen molar-refractivity contribution in [2.45, 2.75) is 58.7 Å². The van der Waals surface area contributed by atoms with E-state index in [0.29, 0.717) is 38.4 Å². The van der Waals surface area contributed by atoms with Crippen LogP contribution in [0.15, 0.2) is 24.3 Å². The summed E-state index contributed by atoms with van der Waals surface area (Å²) in [4.78, 5) is 39.3. The van der Waals surface area contributed by atoms with Crippen LogP contribution < -0.4 is 21.1 Å². The lowest BCUT2D eigenvalue weighted by molar-refractivity contribution is -0.408. The van der Waals surface area contributed by atoms with Crippen LogP contribution in [0.3, 0.4) is 0 Å². The molecule has 172 valence electrons. The van der Waals surface area contributed by atoms with Gasteiger partial charge in [0.15, 0.2) is 6.04 Å². The number of amides is 3. The van der Waals surface area contributed by atoms with Gasteiger partial charge in [0, 0.05) is 32.0 Å². The number of ether oxygens (including phenoxy) is 1. The zero-order valence-electron chi connectivity index (χ0n) is 19.1. The Morgan fingerprint density at radius 2 is 1.74 bits per heavy atom. The number of benzene rings is 1. The first-order valence-electron chi connectivity index (χ1n) is 11.0. The van der Waals surface area contributed by atoms with Crippen LogP contribution in [0.25, 0.3) is 0 Å². The number of piperidine rings is 1. The van der Waals surface area contributed by atoms with Crippen molar-refractivity contribution >= 4 is 17.7 Å². The molecular weight excluding hydrogens is 396 g/mol. The summed E-state index contributed by atoms with van der Waals surface area (Å²) in [5.74, 6) is 0.701. The van der Waals surface area contributed by atoms with Crippen LogP contribution in [0.4, 0.5) is 0 Å². The molecule has 31 heavy (non-hydrogen) atoms. The molecule has 0 bridgehead atoms. The lowest BCUT2D eigenvalue weighted by atomic mass is 9.94. The minimum Gasteiger partial charge on any atom is -0.497 e. The third-order valence-corrected chi connectivity index (χ3v) is 5.66. The molecule has 1 aromatic rings. The number of nitrogens with zero attached hydrogens (tertiary/aromatic N) is 1. The monoisotopic (exact) mass is 433 g/mol. The normalized spacial score (nSPS) is 16.5. The highest BCUT2D eigenvalue weighted by Gasteiger charge is 2.32. The van der Waals surface area contributed by atoms with E-state index in [4.69, 9.17) is 4.74 Å². The summed E-state index contributed by atoms with van der Waals surface area (Å²) in [5, 5.41) is 5.65. The largest absolute Gasteiger partial charge is 0.497 e. The van der Waals surface area contributed by atoms with Crippen molar-refractivity contribution in [2.24, 2.45) is 11.8 Å². The molecule has 2 rings (SSSR count). The minimum atomic E-state index is -0.624. The SMILES string of the molecule is COc1ccc(CNC(=O)[C@H](C)NC(=O)C2CCN(C(=O)[C@@H]([NH3+])CC(C)C)CC2)cc1. The topological polar surface area (TPSA) is 115 Å². The van der Waals surface area contributed by atoms with Crippen LogP contribution in [-0.2, 0) is 20.9 Å². The van der Waals surface area contributed by atoms with Crippen molar-refractivity contribution < 1.29 is 24.9 Å². The number of quaternary nitrogens is 1. The van der Waals surface area contributed by atoms with Crippen molar-refractivity contribution in [3.05, 3.63) is 29.8 Å². The van der Waals surface area contributed by atoms with Gasteiger partial charge < -0.3 is 26.0 Å². The summed E-state index contributed by atoms with van der Waals surface area (Å²) in [6, 6.07) is 6.58. The zero-order valence-corrected chi connectivity index (χ0v) is 19.1. The van der Waals surface area contributed by atoms with Crippen LogP contribution in [-0.4, -0.2) is 54.9 Å². The van der Waals surface area contributed by atoms with Crippen molar-refractivity contribution in [3.63, 3.8) is 0 Å². The molecule has 0 saturated carbocycles. The van der Waals surface area contributed by atoms with Gasteiger partial charge in [-0.3, -0.25) is 14.4 Å². The van der Waals surface area contributed by atoms with Gasteiger partial charge in [0.1, 0.15) is 11.8 Å². The second-order valence-electron chi connectivity index (χ2n) is 8.72. The highest BCUT2D eigenvalue weighted by atomic mass is 16.5. The second-order valence-corrected chi connectivity index (χ2v) is 8.72. The minimum absolute atomic E-state index is 0.0684. The summed E-state index contributed by atoms with van der Waals surface area (Å²) in [6.07, 6.45) is 1.97. The van der Waals surface area contributed by atoms with E-state index < -0.39 is 6.04 Å². The Kier molecular flexibility index (Phi) is 9.30. The summed E-state index contributed by atoms with van der Waals surface area (Å²) in [6.45, 7) is 7.33. The van der Waals surface area contributed by atoms with Gasteiger partial charge in [0.25, 0.3) is 5.91 Å². The fraction of sp³-hybridized carbons (Fsp3) is 0.609. The van der Waals surface area contributed by atoms with Crippen molar-refractivity contribution in [3.8, 4) is 5.75 Å². The molecule has 0 radical (unpaired) electrons. The average Bonchev–Trinajstić information content (AvgIpc) is 2.76. The first kappa shape index (κ1) is 24.7. The van der Waals surface area contributed by atoms with Gasteiger partial charge in [-0.15, -0.1) is 0 Å². The molecule has 5 N–H and O–H groups in total. The van der Waals surface area contributed by atoms with E-state index in [0.717, 1.165) is 17.7 Å². The predicted octanol–water partition coefficient (Wildman–Crippen LogP) is 0.711. The fourth-order valence-electron chi connectivity index (χ4n) is 3.77. The van der Waals surface area contributed by atoms with Crippen LogP contribution in [0.1, 0.15) is 45.6 Å². The van der Waals surface area contributed by atoms with E-state index in [1.54, 1.807) is 14.0 Å². The smallest absolute Gasteiger partial charge is 0.280 e. The first-order valence-corrected chi connectivity index (χ1v) is 11.0. The van der Waals surface area contributed by atoms with Gasteiger partial charge in [0.05, 0.1) is 7.11 Å². The van der Waals surface area contributed by atoms with E-state index in [2.05, 4.69) is 30.2 Å². The lowest BCUT2D eigenvalue weighted by Gasteiger charge is -2.32. The van der Waals surface area contributed by atoms with Gasteiger partial charge in [-0.25, -0.2) is 0 Å². The van der Waals surface area contributed by atoms with Crippen molar-refractivity contribution in [1.82, 2.24) is 15.5 Å². The van der Waals surface area contributed by atoms with Gasteiger partial charge in [-0.1, -0.05) is 26.0 Å². The number of carbonyl (C=O) groups excluding carboxylic acids is 3. The van der Waals surface area contributed by atoms with Crippen LogP contribution in [0.2, 0.25) is 0 Å². The molecule has 1 fully saturated rings. The molecule has 8 heteroatoms. The number of methoxy groups -OCH3 is 1. The number of likely N-dealkylation sites (tertiary alicyclic amines) is 1. The molecule has 8 nitrogen and oxygen atoms in total. The Morgan fingerprint density at radius 3 is 2.29 bits per heavy atom. The zero-order chi connectivity index (χ0) is 23.0. The Balaban J connectivity index is 1.74. The van der Waals surface area contributed by atoms with E-state index in [1.165, 1.54) is 0 Å². The summed E-state index contributed by atoms with van der Waals surface area (Å²) >= 11 is 0. The first-order chi connectivity index (χ1) is 14.7.